The molecule has 0 aliphatic heterocycles. The number of H-pyrrole nitrogens is 2. The molecule has 0 atom stereocenters. The predicted octanol–water partition coefficient (Wildman–Crippen LogP) is 6.99. The number of nitrogens with two attached hydrogens (primary N) is 1. The van der Waals surface area contributed by atoms with Crippen molar-refractivity contribution in [2.75, 3.05) is 11.1 Å². The Balaban J connectivity index is 0.000000151. The van der Waals surface area contributed by atoms with Crippen LogP contribution in [-0.4, -0.2) is 47.6 Å². The summed E-state index contributed by atoms with van der Waals surface area (Å²) in [6.07, 6.45) is 3.41. The van der Waals surface area contributed by atoms with Gasteiger partial charge in [-0.3, -0.25) is 14.4 Å². The zero-order chi connectivity index (χ0) is 29.2. The minimum Gasteiger partial charge on any atom is -0.375 e. The molecule has 0 aliphatic carbocycles. The van der Waals surface area contributed by atoms with E-state index in [1.165, 1.54) is 34.0 Å². The molecule has 2 aromatic carbocycles. The van der Waals surface area contributed by atoms with E-state index in [1.54, 1.807) is 17.8 Å². The molecule has 5 heterocycles. The highest BCUT2D eigenvalue weighted by molar-refractivity contribution is 9.09. The molecule has 42 heavy (non-hydrogen) atoms. The van der Waals surface area contributed by atoms with Crippen molar-refractivity contribution < 1.29 is 14.4 Å². The summed E-state index contributed by atoms with van der Waals surface area (Å²) >= 11 is 6.96. The maximum atomic E-state index is 12.7. The fourth-order valence-corrected chi connectivity index (χ4v) is 6.61. The lowest BCUT2D eigenvalue weighted by molar-refractivity contribution is 0.101. The molecule has 0 saturated carbocycles. The van der Waals surface area contributed by atoms with Gasteiger partial charge in [0.1, 0.15) is 17.1 Å². The number of aromatic amines is 2. The third-order valence-electron chi connectivity index (χ3n) is 6.26. The van der Waals surface area contributed by atoms with Gasteiger partial charge in [0, 0.05) is 50.3 Å². The molecule has 4 N–H and O–H groups in total. The van der Waals surface area contributed by atoms with Gasteiger partial charge in [0.05, 0.1) is 16.5 Å². The third kappa shape index (κ3) is 5.46. The molecule has 208 valence electrons. The summed E-state index contributed by atoms with van der Waals surface area (Å²) in [5.41, 5.74) is 10.4. The number of halogens is 1. The zero-order valence-electron chi connectivity index (χ0n) is 21.5. The first kappa shape index (κ1) is 27.8. The van der Waals surface area contributed by atoms with Gasteiger partial charge in [-0.15, -0.1) is 34.0 Å². The van der Waals surface area contributed by atoms with Gasteiger partial charge in [-0.25, -0.2) is 15.0 Å². The first-order valence-electron chi connectivity index (χ1n) is 12.4. The summed E-state index contributed by atoms with van der Waals surface area (Å²) in [5.74, 6) is -0.378. The first-order valence-corrected chi connectivity index (χ1v) is 16.1. The summed E-state index contributed by atoms with van der Waals surface area (Å²) in [7, 11) is 0. The number of thiazole rings is 3. The van der Waals surface area contributed by atoms with E-state index in [0.717, 1.165) is 21.8 Å². The van der Waals surface area contributed by atoms with Crippen molar-refractivity contribution >= 4 is 94.2 Å². The second kappa shape index (κ2) is 11.9. The number of alkyl halides is 1. The molecule has 0 unspecified atom stereocenters. The van der Waals surface area contributed by atoms with Crippen LogP contribution in [0.1, 0.15) is 41.2 Å². The molecule has 0 bridgehead atoms. The molecule has 0 spiro atoms. The Morgan fingerprint density at radius 2 is 1.24 bits per heavy atom. The normalized spacial score (nSPS) is 11.0. The zero-order valence-corrected chi connectivity index (χ0v) is 25.5. The largest absolute Gasteiger partial charge is 0.375 e. The SMILES string of the molecule is Nc1nc(-c2csc(C(=O)c3c[nH]c4ccccc34)n2)cs1.O=C(CBr)c1csc(C(=O)c2c[nH]c3ccccc23)n1. The van der Waals surface area contributed by atoms with Crippen LogP contribution in [0.4, 0.5) is 5.13 Å². The number of carbonyl (C=O) groups excluding carboxylic acids is 3. The Hall–Kier alpha value is -4.30. The van der Waals surface area contributed by atoms with Gasteiger partial charge in [-0.05, 0) is 12.1 Å². The highest BCUT2D eigenvalue weighted by atomic mass is 79.9. The number of Topliss-reactive ketones (excluding diaryl/α,β-unsaturated/α-hetero) is 1. The van der Waals surface area contributed by atoms with Crippen LogP contribution in [0.2, 0.25) is 0 Å². The van der Waals surface area contributed by atoms with Gasteiger partial charge in [-0.2, -0.15) is 0 Å². The van der Waals surface area contributed by atoms with Crippen LogP contribution in [0.3, 0.4) is 0 Å². The number of aromatic nitrogens is 5. The summed E-state index contributed by atoms with van der Waals surface area (Å²) in [4.78, 5) is 55.5. The summed E-state index contributed by atoms with van der Waals surface area (Å²) in [5, 5.41) is 8.53. The minimum absolute atomic E-state index is 0.0862. The van der Waals surface area contributed by atoms with Crippen LogP contribution in [0.25, 0.3) is 33.2 Å². The van der Waals surface area contributed by atoms with Gasteiger partial charge in [0.25, 0.3) is 0 Å². The van der Waals surface area contributed by atoms with Gasteiger partial charge in [-0.1, -0.05) is 52.3 Å². The second-order valence-corrected chi connectivity index (χ2v) is 12.0. The summed E-state index contributed by atoms with van der Waals surface area (Å²) in [6.45, 7) is 0. The molecule has 7 rings (SSSR count). The monoisotopic (exact) mass is 674 g/mol. The molecular formula is C29H19BrN6O3S3. The van der Waals surface area contributed by atoms with Crippen LogP contribution < -0.4 is 5.73 Å². The van der Waals surface area contributed by atoms with Crippen molar-refractivity contribution in [1.82, 2.24) is 24.9 Å². The molecule has 0 aliphatic rings. The molecule has 5 aromatic heterocycles. The van der Waals surface area contributed by atoms with Gasteiger partial charge >= 0.3 is 0 Å². The summed E-state index contributed by atoms with van der Waals surface area (Å²) in [6, 6.07) is 15.3. The average Bonchev–Trinajstić information content (AvgIpc) is 3.85. The lowest BCUT2D eigenvalue weighted by atomic mass is 10.1. The van der Waals surface area contributed by atoms with Gasteiger partial charge in [0.2, 0.25) is 11.6 Å². The Morgan fingerprint density at radius 1 is 0.714 bits per heavy atom. The van der Waals surface area contributed by atoms with Crippen molar-refractivity contribution in [3.8, 4) is 11.4 Å². The molecule has 0 fully saturated rings. The molecule has 0 saturated heterocycles. The fraction of sp³-hybridized carbons (Fsp3) is 0.0345. The highest BCUT2D eigenvalue weighted by Crippen LogP contribution is 2.28. The number of nitrogen functional groups attached to an aromatic ring is 1. The number of carbonyl (C=O) groups is 3. The fourth-order valence-electron chi connectivity index (χ4n) is 4.22. The number of ketones is 3. The lowest BCUT2D eigenvalue weighted by Crippen LogP contribution is -2.04. The van der Waals surface area contributed by atoms with E-state index in [0.29, 0.717) is 43.4 Å². The van der Waals surface area contributed by atoms with Gasteiger partial charge in [0.15, 0.2) is 20.9 Å². The van der Waals surface area contributed by atoms with Crippen LogP contribution >= 0.6 is 49.9 Å². The smallest absolute Gasteiger partial charge is 0.223 e. The predicted molar refractivity (Wildman–Crippen MR) is 171 cm³/mol. The quantitative estimate of drug-likeness (QED) is 0.122. The van der Waals surface area contributed by atoms with Crippen LogP contribution in [0.5, 0.6) is 0 Å². The van der Waals surface area contributed by atoms with Crippen molar-refractivity contribution in [2.45, 2.75) is 0 Å². The molecule has 9 nitrogen and oxygen atoms in total. The Bertz CT molecular complexity index is 2090. The van der Waals surface area contributed by atoms with E-state index in [-0.39, 0.29) is 22.7 Å². The number of para-hydroxylation sites is 2. The Labute approximate surface area is 258 Å². The minimum atomic E-state index is -0.166. The molecule has 0 radical (unpaired) electrons. The standard InChI is InChI=1S/C15H10N4OS2.C14H9BrN2O2S/c16-15-19-12(7-22-15)11-6-21-14(18-11)13(20)9-5-17-10-4-2-1-3-8(9)10;15-5-12(18)11-7-20-14(17-11)13(19)9-6-16-10-4-2-1-3-8(9)10/h1-7,17H,(H2,16,19);1-4,6-7,16H,5H2. The van der Waals surface area contributed by atoms with Gasteiger partial charge < -0.3 is 15.7 Å². The summed E-state index contributed by atoms with van der Waals surface area (Å²) < 4.78 is 0. The third-order valence-corrected chi connectivity index (χ3v) is 9.12. The van der Waals surface area contributed by atoms with Crippen LogP contribution in [0.15, 0.2) is 77.1 Å². The molecule has 13 heteroatoms. The number of benzene rings is 2. The maximum Gasteiger partial charge on any atom is 0.223 e. The number of rotatable bonds is 7. The topological polar surface area (TPSA) is 147 Å². The Morgan fingerprint density at radius 3 is 1.81 bits per heavy atom. The van der Waals surface area contributed by atoms with Crippen molar-refractivity contribution in [1.29, 1.82) is 0 Å². The molecule has 7 aromatic rings. The maximum absolute atomic E-state index is 12.7. The first-order chi connectivity index (χ1) is 20.4. The van der Waals surface area contributed by atoms with E-state index in [4.69, 9.17) is 5.73 Å². The number of anilines is 1. The number of fused-ring (bicyclic) bond motifs is 2. The number of hydrogen-bond donors (Lipinski definition) is 3. The van der Waals surface area contributed by atoms with E-state index in [1.807, 2.05) is 59.3 Å². The molecular weight excluding hydrogens is 656 g/mol. The van der Waals surface area contributed by atoms with E-state index < -0.39 is 0 Å². The second-order valence-electron chi connectivity index (χ2n) is 8.86. The van der Waals surface area contributed by atoms with Crippen molar-refractivity contribution in [3.63, 3.8) is 0 Å². The van der Waals surface area contributed by atoms with Crippen LogP contribution in [0, 0.1) is 0 Å². The number of nitrogens with one attached hydrogen (secondary N) is 2. The number of hydrogen-bond acceptors (Lipinski definition) is 10. The van der Waals surface area contributed by atoms with E-state index in [9.17, 15) is 14.4 Å². The van der Waals surface area contributed by atoms with E-state index >= 15 is 0 Å². The van der Waals surface area contributed by atoms with Crippen molar-refractivity contribution in [2.24, 2.45) is 0 Å². The highest BCUT2D eigenvalue weighted by Gasteiger charge is 2.20. The van der Waals surface area contributed by atoms with E-state index in [2.05, 4.69) is 40.8 Å². The van der Waals surface area contributed by atoms with Crippen molar-refractivity contribution in [3.05, 3.63) is 104 Å². The average molecular weight is 676 g/mol. The lowest BCUT2D eigenvalue weighted by Gasteiger charge is -1.95. The Kier molecular flexibility index (Phi) is 7.89. The molecule has 0 amide bonds. The number of nitrogens with zero attached hydrogens (tertiary/aromatic N) is 3. The van der Waals surface area contributed by atoms with Crippen LogP contribution in [-0.2, 0) is 0 Å².